The zero-order valence-electron chi connectivity index (χ0n) is 30.4. The first-order chi connectivity index (χ1) is 23.6. The summed E-state index contributed by atoms with van der Waals surface area (Å²) in [4.78, 5) is 0. The van der Waals surface area contributed by atoms with Crippen molar-refractivity contribution in [3.63, 3.8) is 0 Å². The van der Waals surface area contributed by atoms with E-state index >= 15 is 0 Å². The molecule has 51 heavy (non-hydrogen) atoms. The molecule has 0 N–H and O–H groups in total. The van der Waals surface area contributed by atoms with Gasteiger partial charge in [-0.25, -0.2) is 0 Å². The maximum absolute atomic E-state index is 2.97. The van der Waals surface area contributed by atoms with Crippen molar-refractivity contribution >= 4 is 53.3 Å². The van der Waals surface area contributed by atoms with E-state index in [1.807, 2.05) is 0 Å². The summed E-state index contributed by atoms with van der Waals surface area (Å²) in [5.41, 5.74) is 8.11. The second kappa shape index (κ2) is 22.0. The fourth-order valence-corrected chi connectivity index (χ4v) is 6.84. The number of hydrogen-bond acceptors (Lipinski definition) is 0. The summed E-state index contributed by atoms with van der Waals surface area (Å²) in [6.07, 6.45) is 5.54. The largest absolute Gasteiger partial charge is 4.00 e. The first kappa shape index (κ1) is 43.9. The third-order valence-corrected chi connectivity index (χ3v) is 9.07. The molecule has 8 rings (SSSR count). The molecule has 0 spiro atoms. The van der Waals surface area contributed by atoms with Crippen molar-refractivity contribution in [2.45, 2.75) is 59.9 Å². The van der Waals surface area contributed by atoms with Gasteiger partial charge in [0.1, 0.15) is 0 Å². The Bertz CT molecular complexity index is 2060. The Morgan fingerprint density at radius 2 is 0.745 bits per heavy atom. The molecule has 0 saturated heterocycles. The molecular weight excluding hydrogens is 755 g/mol. The molecule has 4 heteroatoms. The van der Waals surface area contributed by atoms with Crippen LogP contribution in [0.4, 0.5) is 0 Å². The van der Waals surface area contributed by atoms with Crippen LogP contribution in [0.3, 0.4) is 0 Å². The molecule has 0 atom stereocenters. The minimum Gasteiger partial charge on any atom is -1.00 e. The van der Waals surface area contributed by atoms with Crippen LogP contribution in [-0.4, -0.2) is 10.2 Å². The van der Waals surface area contributed by atoms with E-state index in [1.165, 1.54) is 102 Å². The van der Waals surface area contributed by atoms with Crippen LogP contribution in [0.5, 0.6) is 0 Å². The maximum Gasteiger partial charge on any atom is 4.00 e. The molecule has 0 unspecified atom stereocenters. The van der Waals surface area contributed by atoms with Crippen molar-refractivity contribution in [3.05, 3.63) is 157 Å². The molecule has 0 heterocycles. The summed E-state index contributed by atoms with van der Waals surface area (Å²) < 4.78 is 0. The van der Waals surface area contributed by atoms with E-state index < -0.39 is 0 Å². The molecule has 8 aromatic rings. The Kier molecular flexibility index (Phi) is 18.9. The van der Waals surface area contributed by atoms with Gasteiger partial charge in [-0.05, 0) is 21.5 Å². The van der Waals surface area contributed by atoms with Gasteiger partial charge in [0.2, 0.25) is 0 Å². The molecule has 257 valence electrons. The van der Waals surface area contributed by atoms with Gasteiger partial charge >= 0.3 is 26.2 Å². The molecule has 0 bridgehead atoms. The predicted molar refractivity (Wildman–Crippen MR) is 216 cm³/mol. The molecule has 0 aliphatic heterocycles. The third kappa shape index (κ3) is 10.2. The maximum atomic E-state index is 2.97. The quantitative estimate of drug-likeness (QED) is 0.0937. The number of aryl methyl sites for hydroxylation is 2. The second-order valence-corrected chi connectivity index (χ2v) is 12.3. The van der Waals surface area contributed by atoms with Gasteiger partial charge in [-0.1, -0.05) is 168 Å². The van der Waals surface area contributed by atoms with Crippen molar-refractivity contribution in [1.82, 2.24) is 0 Å². The smallest absolute Gasteiger partial charge is 1.00 e. The Hall–Kier alpha value is -3.26. The summed E-state index contributed by atoms with van der Waals surface area (Å²) in [7, 11) is 2.97. The summed E-state index contributed by atoms with van der Waals surface area (Å²) in [5, 5.41) is 10.6. The zero-order valence-corrected chi connectivity index (χ0v) is 35.4. The van der Waals surface area contributed by atoms with E-state index in [0.29, 0.717) is 0 Å². The average Bonchev–Trinajstić information content (AvgIpc) is 3.66. The van der Waals surface area contributed by atoms with Crippen LogP contribution in [0.15, 0.2) is 146 Å². The van der Waals surface area contributed by atoms with Crippen LogP contribution in [0, 0.1) is 13.8 Å². The van der Waals surface area contributed by atoms with Crippen LogP contribution >= 0.6 is 0 Å². The van der Waals surface area contributed by atoms with Crippen molar-refractivity contribution in [1.29, 1.82) is 0 Å². The van der Waals surface area contributed by atoms with E-state index in [-0.39, 0.29) is 51.0 Å². The predicted octanol–water partition coefficient (Wildman–Crippen LogP) is 8.17. The van der Waals surface area contributed by atoms with Gasteiger partial charge in [-0.3, -0.25) is 0 Å². The first-order valence-electron chi connectivity index (χ1n) is 17.4. The van der Waals surface area contributed by atoms with Gasteiger partial charge in [0.25, 0.3) is 0 Å². The molecule has 0 aliphatic rings. The summed E-state index contributed by atoms with van der Waals surface area (Å²) >= 11 is 0. The van der Waals surface area contributed by atoms with Gasteiger partial charge in [-0.2, -0.15) is 0 Å². The Morgan fingerprint density at radius 1 is 0.431 bits per heavy atom. The molecule has 0 saturated carbocycles. The molecular formula is C47H47Cl2SiZr. The number of hydrogen-bond donors (Lipinski definition) is 0. The van der Waals surface area contributed by atoms with Crippen LogP contribution in [0.1, 0.15) is 50.7 Å². The van der Waals surface area contributed by atoms with Gasteiger partial charge in [0.05, 0.1) is 0 Å². The molecule has 0 nitrogen and oxygen atoms in total. The monoisotopic (exact) mass is 799 g/mol. The van der Waals surface area contributed by atoms with Gasteiger partial charge < -0.3 is 24.8 Å². The van der Waals surface area contributed by atoms with Crippen molar-refractivity contribution in [2.75, 3.05) is 0 Å². The van der Waals surface area contributed by atoms with Gasteiger partial charge in [-0.15, -0.1) is 92.3 Å². The molecule has 8 aromatic carbocycles. The molecule has 3 radical (unpaired) electrons. The average molecular weight is 802 g/mol. The Morgan fingerprint density at radius 3 is 1.12 bits per heavy atom. The van der Waals surface area contributed by atoms with Crippen LogP contribution in [-0.2, 0) is 26.2 Å². The van der Waals surface area contributed by atoms with Crippen molar-refractivity contribution in [3.8, 4) is 22.3 Å². The molecule has 0 amide bonds. The van der Waals surface area contributed by atoms with E-state index in [4.69, 9.17) is 0 Å². The van der Waals surface area contributed by atoms with Crippen LogP contribution in [0.2, 0.25) is 6.55 Å². The fourth-order valence-electron chi connectivity index (χ4n) is 6.84. The number of benzene rings is 6. The van der Waals surface area contributed by atoms with Crippen LogP contribution < -0.4 is 24.8 Å². The third-order valence-electron chi connectivity index (χ3n) is 9.07. The standard InChI is InChI=1S/2C20H15.C6H14.CH3Si.2ClH.Zr/c2*1-14-13-16-8-3-5-11-18(16)20(14)19-12-6-9-15-7-2-4-10-17(15)19;1-3-5-6-4-2;1-2;;;/h2*2-13H,1H3;3-6H2,1-2H3;1H3;2*1H;/q2*-1;;;;;+4/p-2. The minimum atomic E-state index is 0. The zero-order chi connectivity index (χ0) is 33.9. The summed E-state index contributed by atoms with van der Waals surface area (Å²) in [6.45, 7) is 10.7. The molecule has 0 aromatic heterocycles. The minimum absolute atomic E-state index is 0. The van der Waals surface area contributed by atoms with E-state index in [9.17, 15) is 0 Å². The van der Waals surface area contributed by atoms with E-state index in [2.05, 4.69) is 184 Å². The second-order valence-electron chi connectivity index (χ2n) is 12.3. The van der Waals surface area contributed by atoms with E-state index in [1.54, 1.807) is 6.55 Å². The summed E-state index contributed by atoms with van der Waals surface area (Å²) in [6, 6.07) is 52.2. The fraction of sp³-hybridized carbons (Fsp3) is 0.191. The Labute approximate surface area is 340 Å². The summed E-state index contributed by atoms with van der Waals surface area (Å²) in [5.74, 6) is 0. The number of unbranched alkanes of at least 4 members (excludes halogenated alkanes) is 3. The van der Waals surface area contributed by atoms with Gasteiger partial charge in [0, 0.05) is 10.2 Å². The van der Waals surface area contributed by atoms with Crippen molar-refractivity contribution < 1.29 is 51.0 Å². The van der Waals surface area contributed by atoms with Crippen molar-refractivity contribution in [2.24, 2.45) is 0 Å². The number of halogens is 2. The van der Waals surface area contributed by atoms with Gasteiger partial charge in [0.15, 0.2) is 0 Å². The Balaban J connectivity index is 0.000000280. The van der Waals surface area contributed by atoms with Crippen LogP contribution in [0.25, 0.3) is 65.3 Å². The first-order valence-corrected chi connectivity index (χ1v) is 18.4. The number of rotatable bonds is 5. The number of fused-ring (bicyclic) bond motifs is 4. The SMILES string of the molecule is CCCCCC.C[Si].Cc1[cH-]c2ccccc2c1-c1cccc2ccccc12.Cc1[cH-]c2ccccc2c1-c1cccc2ccccc12.[Cl-].[Cl-].[Zr+4]. The topological polar surface area (TPSA) is 0 Å². The van der Waals surface area contributed by atoms with E-state index in [0.717, 1.165) is 0 Å². The molecule has 0 fully saturated rings. The molecule has 0 aliphatic carbocycles. The normalized spacial score (nSPS) is 10.0.